The van der Waals surface area contributed by atoms with Crippen LogP contribution in [0.2, 0.25) is 0 Å². The van der Waals surface area contributed by atoms with E-state index in [1.807, 2.05) is 6.20 Å². The normalized spacial score (nSPS) is 25.7. The maximum Gasteiger partial charge on any atom is 0.0456 e. The van der Waals surface area contributed by atoms with Gasteiger partial charge >= 0.3 is 0 Å². The number of nitrogens with zero attached hydrogens (tertiary/aromatic N) is 1. The molecule has 2 heterocycles. The first-order valence-corrected chi connectivity index (χ1v) is 6.65. The molecule has 1 aliphatic heterocycles. The molecule has 2 atom stereocenters. The van der Waals surface area contributed by atoms with Crippen LogP contribution < -0.4 is 5.73 Å². The standard InChI is InChI=1S/C15H21N3/c1-10-5-15-11(3-4-17-15)7-14(10)12-6-13(16)9-18(2)8-12/h3-5,7,12-13,17H,6,8-9,16H2,1-2H3. The van der Waals surface area contributed by atoms with Gasteiger partial charge in [-0.1, -0.05) is 0 Å². The number of likely N-dealkylation sites (N-methyl/N-ethyl adjacent to an activating group) is 1. The first kappa shape index (κ1) is 11.8. The Morgan fingerprint density at radius 2 is 2.17 bits per heavy atom. The van der Waals surface area contributed by atoms with Crippen LogP contribution in [0, 0.1) is 6.92 Å². The molecule has 2 aromatic rings. The zero-order chi connectivity index (χ0) is 12.7. The summed E-state index contributed by atoms with van der Waals surface area (Å²) in [6.45, 7) is 4.34. The topological polar surface area (TPSA) is 45.1 Å². The summed E-state index contributed by atoms with van der Waals surface area (Å²) in [6.07, 6.45) is 3.10. The Hall–Kier alpha value is -1.32. The van der Waals surface area contributed by atoms with Crippen molar-refractivity contribution in [2.75, 3.05) is 20.1 Å². The highest BCUT2D eigenvalue weighted by Crippen LogP contribution is 2.30. The van der Waals surface area contributed by atoms with E-state index >= 15 is 0 Å². The van der Waals surface area contributed by atoms with Crippen LogP contribution in [0.25, 0.3) is 10.9 Å². The summed E-state index contributed by atoms with van der Waals surface area (Å²) in [7, 11) is 2.16. The van der Waals surface area contributed by atoms with Crippen LogP contribution in [0.4, 0.5) is 0 Å². The molecular weight excluding hydrogens is 222 g/mol. The number of likely N-dealkylation sites (tertiary alicyclic amines) is 1. The molecule has 1 aromatic heterocycles. The van der Waals surface area contributed by atoms with Crippen molar-refractivity contribution in [1.29, 1.82) is 0 Å². The molecule has 3 heteroatoms. The van der Waals surface area contributed by atoms with E-state index in [4.69, 9.17) is 5.73 Å². The van der Waals surface area contributed by atoms with E-state index in [-0.39, 0.29) is 0 Å². The van der Waals surface area contributed by atoms with Gasteiger partial charge in [-0.3, -0.25) is 0 Å². The molecule has 0 aliphatic carbocycles. The van der Waals surface area contributed by atoms with E-state index in [0.29, 0.717) is 12.0 Å². The third kappa shape index (κ3) is 2.04. The Bertz CT molecular complexity index is 548. The number of fused-ring (bicyclic) bond motifs is 1. The Morgan fingerprint density at radius 3 is 2.94 bits per heavy atom. The summed E-state index contributed by atoms with van der Waals surface area (Å²) >= 11 is 0. The second-order valence-corrected chi connectivity index (χ2v) is 5.69. The van der Waals surface area contributed by atoms with Crippen molar-refractivity contribution in [3.8, 4) is 0 Å². The quantitative estimate of drug-likeness (QED) is 0.806. The molecule has 0 saturated carbocycles. The average Bonchev–Trinajstić information content (AvgIpc) is 2.73. The highest BCUT2D eigenvalue weighted by atomic mass is 15.1. The van der Waals surface area contributed by atoms with Gasteiger partial charge in [0.15, 0.2) is 0 Å². The monoisotopic (exact) mass is 243 g/mol. The fourth-order valence-corrected chi connectivity index (χ4v) is 3.26. The van der Waals surface area contributed by atoms with Crippen LogP contribution in [-0.2, 0) is 0 Å². The molecule has 1 saturated heterocycles. The number of H-pyrrole nitrogens is 1. The number of nitrogens with one attached hydrogen (secondary N) is 1. The minimum absolute atomic E-state index is 0.301. The lowest BCUT2D eigenvalue weighted by Gasteiger charge is -2.34. The smallest absolute Gasteiger partial charge is 0.0456 e. The third-order valence-electron chi connectivity index (χ3n) is 4.05. The van der Waals surface area contributed by atoms with Gasteiger partial charge in [0.05, 0.1) is 0 Å². The Labute approximate surface area is 108 Å². The number of rotatable bonds is 1. The van der Waals surface area contributed by atoms with E-state index in [1.54, 1.807) is 0 Å². The van der Waals surface area contributed by atoms with E-state index in [0.717, 1.165) is 19.5 Å². The Morgan fingerprint density at radius 1 is 1.33 bits per heavy atom. The molecule has 0 bridgehead atoms. The zero-order valence-electron chi connectivity index (χ0n) is 11.1. The SMILES string of the molecule is Cc1cc2[nH]ccc2cc1C1CC(N)CN(C)C1. The lowest BCUT2D eigenvalue weighted by atomic mass is 9.85. The van der Waals surface area contributed by atoms with Gasteiger partial charge in [0.25, 0.3) is 0 Å². The maximum atomic E-state index is 6.15. The third-order valence-corrected chi connectivity index (χ3v) is 4.05. The lowest BCUT2D eigenvalue weighted by molar-refractivity contribution is 0.227. The number of aromatic nitrogens is 1. The van der Waals surface area contributed by atoms with Crippen molar-refractivity contribution in [2.24, 2.45) is 5.73 Å². The molecule has 0 amide bonds. The molecule has 96 valence electrons. The molecule has 0 spiro atoms. The Balaban J connectivity index is 1.99. The summed E-state index contributed by atoms with van der Waals surface area (Å²) in [6, 6.07) is 7.03. The Kier molecular flexibility index (Phi) is 2.88. The van der Waals surface area contributed by atoms with E-state index in [2.05, 4.69) is 42.1 Å². The number of hydrogen-bond acceptors (Lipinski definition) is 2. The predicted octanol–water partition coefficient (Wildman–Crippen LogP) is 2.22. The average molecular weight is 243 g/mol. The molecule has 18 heavy (non-hydrogen) atoms. The van der Waals surface area contributed by atoms with Gasteiger partial charge in [0.2, 0.25) is 0 Å². The summed E-state index contributed by atoms with van der Waals surface area (Å²) in [5.41, 5.74) is 10.2. The summed E-state index contributed by atoms with van der Waals surface area (Å²) in [4.78, 5) is 5.62. The minimum atomic E-state index is 0.301. The predicted molar refractivity (Wildman–Crippen MR) is 75.9 cm³/mol. The zero-order valence-corrected chi connectivity index (χ0v) is 11.1. The summed E-state index contributed by atoms with van der Waals surface area (Å²) in [5, 5.41) is 1.30. The number of hydrogen-bond donors (Lipinski definition) is 2. The molecule has 3 rings (SSSR count). The molecule has 0 radical (unpaired) electrons. The van der Waals surface area contributed by atoms with E-state index in [1.165, 1.54) is 22.0 Å². The first-order chi connectivity index (χ1) is 8.63. The lowest BCUT2D eigenvalue weighted by Crippen LogP contribution is -2.44. The number of benzene rings is 1. The van der Waals surface area contributed by atoms with Crippen LogP contribution in [0.5, 0.6) is 0 Å². The van der Waals surface area contributed by atoms with Crippen molar-refractivity contribution < 1.29 is 0 Å². The van der Waals surface area contributed by atoms with Crippen LogP contribution in [0.1, 0.15) is 23.5 Å². The van der Waals surface area contributed by atoms with Crippen LogP contribution in [0.15, 0.2) is 24.4 Å². The van der Waals surface area contributed by atoms with E-state index < -0.39 is 0 Å². The van der Waals surface area contributed by atoms with Crippen molar-refractivity contribution in [1.82, 2.24) is 9.88 Å². The molecule has 1 fully saturated rings. The molecule has 2 unspecified atom stereocenters. The van der Waals surface area contributed by atoms with E-state index in [9.17, 15) is 0 Å². The number of piperidine rings is 1. The van der Waals surface area contributed by atoms with Crippen molar-refractivity contribution in [3.63, 3.8) is 0 Å². The van der Waals surface area contributed by atoms with Gasteiger partial charge in [0.1, 0.15) is 0 Å². The van der Waals surface area contributed by atoms with Crippen molar-refractivity contribution in [2.45, 2.75) is 25.3 Å². The van der Waals surface area contributed by atoms with Gasteiger partial charge in [-0.2, -0.15) is 0 Å². The van der Waals surface area contributed by atoms with Crippen molar-refractivity contribution in [3.05, 3.63) is 35.5 Å². The molecule has 1 aromatic carbocycles. The molecule has 3 nitrogen and oxygen atoms in total. The van der Waals surface area contributed by atoms with Crippen molar-refractivity contribution >= 4 is 10.9 Å². The summed E-state index contributed by atoms with van der Waals surface area (Å²) < 4.78 is 0. The molecular formula is C15H21N3. The van der Waals surface area contributed by atoms with Crippen LogP contribution >= 0.6 is 0 Å². The summed E-state index contributed by atoms with van der Waals surface area (Å²) in [5.74, 6) is 0.568. The molecule has 1 aliphatic rings. The fraction of sp³-hybridized carbons (Fsp3) is 0.467. The largest absolute Gasteiger partial charge is 0.361 e. The number of aryl methyl sites for hydroxylation is 1. The fourth-order valence-electron chi connectivity index (χ4n) is 3.26. The van der Waals surface area contributed by atoms with Crippen LogP contribution in [-0.4, -0.2) is 36.1 Å². The number of aromatic amines is 1. The first-order valence-electron chi connectivity index (χ1n) is 6.65. The maximum absolute atomic E-state index is 6.15. The van der Waals surface area contributed by atoms with Crippen LogP contribution in [0.3, 0.4) is 0 Å². The van der Waals surface area contributed by atoms with Gasteiger partial charge in [-0.15, -0.1) is 0 Å². The molecule has 3 N–H and O–H groups in total. The number of nitrogens with two attached hydrogens (primary N) is 1. The highest BCUT2D eigenvalue weighted by molar-refractivity contribution is 5.81. The minimum Gasteiger partial charge on any atom is -0.361 e. The second-order valence-electron chi connectivity index (χ2n) is 5.69. The second kappa shape index (κ2) is 4.41. The highest BCUT2D eigenvalue weighted by Gasteiger charge is 2.25. The van der Waals surface area contributed by atoms with Gasteiger partial charge in [0, 0.05) is 30.8 Å². The van der Waals surface area contributed by atoms with Gasteiger partial charge in [-0.05, 0) is 61.0 Å². The van der Waals surface area contributed by atoms with Gasteiger partial charge < -0.3 is 15.6 Å². The van der Waals surface area contributed by atoms with Gasteiger partial charge in [-0.25, -0.2) is 0 Å².